The molecule has 0 spiro atoms. The molecular weight excluding hydrogens is 318 g/mol. The molecule has 1 aliphatic rings. The molecular formula is C16H13NO5S. The summed E-state index contributed by atoms with van der Waals surface area (Å²) >= 11 is 1.46. The van der Waals surface area contributed by atoms with Crippen molar-refractivity contribution in [1.82, 2.24) is 0 Å². The van der Waals surface area contributed by atoms with Crippen molar-refractivity contribution in [1.29, 1.82) is 0 Å². The van der Waals surface area contributed by atoms with Crippen LogP contribution in [0.2, 0.25) is 0 Å². The van der Waals surface area contributed by atoms with Crippen LogP contribution >= 0.6 is 11.3 Å². The molecule has 0 radical (unpaired) electrons. The maximum absolute atomic E-state index is 12.1. The van der Waals surface area contributed by atoms with Gasteiger partial charge in [0.1, 0.15) is 5.75 Å². The maximum Gasteiger partial charge on any atom is 0.311 e. The van der Waals surface area contributed by atoms with Gasteiger partial charge in [-0.25, -0.2) is 0 Å². The Bertz CT molecular complexity index is 754. The number of nitrogens with one attached hydrogen (secondary N) is 1. The van der Waals surface area contributed by atoms with Gasteiger partial charge < -0.3 is 14.8 Å². The van der Waals surface area contributed by atoms with Crippen LogP contribution in [0.5, 0.6) is 5.75 Å². The van der Waals surface area contributed by atoms with Gasteiger partial charge in [-0.1, -0.05) is 6.07 Å². The molecule has 1 N–H and O–H groups in total. The molecule has 0 unspecified atom stereocenters. The molecule has 0 fully saturated rings. The predicted octanol–water partition coefficient (Wildman–Crippen LogP) is 2.05. The summed E-state index contributed by atoms with van der Waals surface area (Å²) in [5, 5.41) is 4.50. The van der Waals surface area contributed by atoms with Crippen LogP contribution in [-0.4, -0.2) is 30.9 Å². The predicted molar refractivity (Wildman–Crippen MR) is 83.9 cm³/mol. The van der Waals surface area contributed by atoms with Crippen molar-refractivity contribution in [2.45, 2.75) is 6.42 Å². The highest BCUT2D eigenvalue weighted by molar-refractivity contribution is 7.10. The fraction of sp³-hybridized carbons (Fsp3) is 0.188. The summed E-state index contributed by atoms with van der Waals surface area (Å²) in [5.41, 5.74) is 0.787. The van der Waals surface area contributed by atoms with Crippen LogP contribution in [0.3, 0.4) is 0 Å². The van der Waals surface area contributed by atoms with Crippen molar-refractivity contribution in [3.8, 4) is 5.75 Å². The lowest BCUT2D eigenvalue weighted by Crippen LogP contribution is -2.25. The lowest BCUT2D eigenvalue weighted by Gasteiger charge is -2.18. The fourth-order valence-corrected chi connectivity index (χ4v) is 2.78. The molecule has 0 saturated heterocycles. The summed E-state index contributed by atoms with van der Waals surface area (Å²) in [6, 6.07) is 8.38. The van der Waals surface area contributed by atoms with E-state index in [1.54, 1.807) is 12.1 Å². The maximum atomic E-state index is 12.1. The first-order chi connectivity index (χ1) is 11.1. The Morgan fingerprint density at radius 1 is 1.30 bits per heavy atom. The van der Waals surface area contributed by atoms with Gasteiger partial charge in [0, 0.05) is 10.4 Å². The number of ether oxygens (including phenoxy) is 2. The number of hydrogen-bond acceptors (Lipinski definition) is 6. The average molecular weight is 331 g/mol. The number of Topliss-reactive ketones (excluding diaryl/α,β-unsaturated/α-hetero) is 1. The van der Waals surface area contributed by atoms with Crippen LogP contribution in [0.15, 0.2) is 35.7 Å². The van der Waals surface area contributed by atoms with Gasteiger partial charge in [0.15, 0.2) is 19.0 Å². The van der Waals surface area contributed by atoms with Gasteiger partial charge in [-0.05, 0) is 29.6 Å². The van der Waals surface area contributed by atoms with Crippen LogP contribution in [0.25, 0.3) is 0 Å². The van der Waals surface area contributed by atoms with Crippen LogP contribution in [0, 0.1) is 0 Å². The lowest BCUT2D eigenvalue weighted by molar-refractivity contribution is -0.141. The van der Waals surface area contributed by atoms with E-state index in [0.29, 0.717) is 17.0 Å². The Balaban J connectivity index is 1.59. The molecule has 2 heterocycles. The zero-order valence-electron chi connectivity index (χ0n) is 12.0. The van der Waals surface area contributed by atoms with Gasteiger partial charge in [0.2, 0.25) is 0 Å². The fourth-order valence-electron chi connectivity index (χ4n) is 2.09. The number of carbonyl (C=O) groups is 3. The Labute approximate surface area is 136 Å². The summed E-state index contributed by atoms with van der Waals surface area (Å²) in [7, 11) is 0. The molecule has 0 saturated carbocycles. The van der Waals surface area contributed by atoms with Gasteiger partial charge in [0.25, 0.3) is 5.91 Å². The summed E-state index contributed by atoms with van der Waals surface area (Å²) in [6.07, 6.45) is 0.152. The molecule has 1 amide bonds. The molecule has 0 aliphatic carbocycles. The highest BCUT2D eigenvalue weighted by Crippen LogP contribution is 2.28. The number of ketones is 1. The number of amides is 1. The molecule has 2 aromatic rings. The van der Waals surface area contributed by atoms with Gasteiger partial charge >= 0.3 is 5.97 Å². The number of benzene rings is 1. The highest BCUT2D eigenvalue weighted by atomic mass is 32.1. The smallest absolute Gasteiger partial charge is 0.311 e. The first-order valence-corrected chi connectivity index (χ1v) is 7.78. The molecule has 0 atom stereocenters. The summed E-state index contributed by atoms with van der Waals surface area (Å²) in [4.78, 5) is 35.9. The third-order valence-corrected chi connectivity index (χ3v) is 4.07. The van der Waals surface area contributed by atoms with Gasteiger partial charge in [-0.15, -0.1) is 11.3 Å². The lowest BCUT2D eigenvalue weighted by atomic mass is 10.1. The van der Waals surface area contributed by atoms with Crippen molar-refractivity contribution in [2.24, 2.45) is 0 Å². The first-order valence-electron chi connectivity index (χ1n) is 6.90. The Morgan fingerprint density at radius 3 is 2.96 bits per heavy atom. The van der Waals surface area contributed by atoms with E-state index in [1.807, 2.05) is 17.5 Å². The zero-order valence-corrected chi connectivity index (χ0v) is 12.9. The Hall–Kier alpha value is -2.67. The van der Waals surface area contributed by atoms with E-state index in [0.717, 1.165) is 4.88 Å². The number of hydrogen-bond donors (Lipinski definition) is 1. The van der Waals surface area contributed by atoms with Crippen molar-refractivity contribution >= 4 is 34.7 Å². The van der Waals surface area contributed by atoms with E-state index in [4.69, 9.17) is 9.47 Å². The molecule has 0 bridgehead atoms. The number of rotatable bonds is 5. The monoisotopic (exact) mass is 331 g/mol. The summed E-state index contributed by atoms with van der Waals surface area (Å²) in [6.45, 7) is -0.377. The minimum absolute atomic E-state index is 0.0410. The third-order valence-electron chi connectivity index (χ3n) is 3.20. The molecule has 118 valence electrons. The second-order valence-corrected chi connectivity index (χ2v) is 5.92. The molecule has 6 nitrogen and oxygen atoms in total. The first kappa shape index (κ1) is 15.2. The van der Waals surface area contributed by atoms with E-state index in [2.05, 4.69) is 5.32 Å². The SMILES string of the molecule is O=C1COc2ccc(C(=O)COC(=O)Cc3cccs3)cc2N1. The zero-order chi connectivity index (χ0) is 16.2. The Kier molecular flexibility index (Phi) is 4.38. The van der Waals surface area contributed by atoms with Gasteiger partial charge in [-0.3, -0.25) is 14.4 Å². The van der Waals surface area contributed by atoms with Crippen molar-refractivity contribution in [3.63, 3.8) is 0 Å². The number of anilines is 1. The van der Waals surface area contributed by atoms with Crippen molar-refractivity contribution < 1.29 is 23.9 Å². The van der Waals surface area contributed by atoms with Crippen LogP contribution < -0.4 is 10.1 Å². The van der Waals surface area contributed by atoms with Crippen LogP contribution in [-0.2, 0) is 20.7 Å². The van der Waals surface area contributed by atoms with Gasteiger partial charge in [0.05, 0.1) is 12.1 Å². The minimum atomic E-state index is -0.449. The van der Waals surface area contributed by atoms with E-state index >= 15 is 0 Å². The van der Waals surface area contributed by atoms with E-state index in [-0.39, 0.29) is 31.3 Å². The minimum Gasteiger partial charge on any atom is -0.482 e. The number of thiophene rings is 1. The van der Waals surface area contributed by atoms with Crippen LogP contribution in [0.4, 0.5) is 5.69 Å². The molecule has 1 aromatic carbocycles. The normalized spacial score (nSPS) is 12.8. The largest absolute Gasteiger partial charge is 0.482 e. The molecule has 3 rings (SSSR count). The quantitative estimate of drug-likeness (QED) is 0.670. The van der Waals surface area contributed by atoms with E-state index in [1.165, 1.54) is 17.4 Å². The Morgan fingerprint density at radius 2 is 2.17 bits per heavy atom. The van der Waals surface area contributed by atoms with Gasteiger partial charge in [-0.2, -0.15) is 0 Å². The molecule has 1 aromatic heterocycles. The highest BCUT2D eigenvalue weighted by Gasteiger charge is 2.18. The topological polar surface area (TPSA) is 81.7 Å². The average Bonchev–Trinajstić information content (AvgIpc) is 3.04. The standard InChI is InChI=1S/C16H13NO5S/c18-13(8-22-16(20)7-11-2-1-5-23-11)10-3-4-14-12(6-10)17-15(19)9-21-14/h1-6H,7-9H2,(H,17,19). The summed E-state index contributed by atoms with van der Waals surface area (Å²) in [5.74, 6) is -0.553. The second kappa shape index (κ2) is 6.62. The number of fused-ring (bicyclic) bond motifs is 1. The molecule has 1 aliphatic heterocycles. The van der Waals surface area contributed by atoms with E-state index in [9.17, 15) is 14.4 Å². The second-order valence-electron chi connectivity index (χ2n) is 4.89. The van der Waals surface area contributed by atoms with Crippen LogP contribution in [0.1, 0.15) is 15.2 Å². The number of esters is 1. The summed E-state index contributed by atoms with van der Waals surface area (Å²) < 4.78 is 10.2. The molecule has 7 heteroatoms. The van der Waals surface area contributed by atoms with Crippen molar-refractivity contribution in [3.05, 3.63) is 46.2 Å². The third kappa shape index (κ3) is 3.75. The van der Waals surface area contributed by atoms with Crippen molar-refractivity contribution in [2.75, 3.05) is 18.5 Å². The molecule has 23 heavy (non-hydrogen) atoms. The number of carbonyl (C=O) groups excluding carboxylic acids is 3. The van der Waals surface area contributed by atoms with E-state index < -0.39 is 5.97 Å².